The average molecular weight is 262 g/mol. The van der Waals surface area contributed by atoms with Crippen molar-refractivity contribution in [2.45, 2.75) is 6.42 Å². The lowest BCUT2D eigenvalue weighted by molar-refractivity contribution is -0.131. The molecule has 1 saturated heterocycles. The summed E-state index contributed by atoms with van der Waals surface area (Å²) in [5.74, 6) is -0.956. The van der Waals surface area contributed by atoms with E-state index < -0.39 is 5.97 Å². The van der Waals surface area contributed by atoms with Crippen LogP contribution >= 0.6 is 0 Å². The molecule has 0 radical (unpaired) electrons. The van der Waals surface area contributed by atoms with Gasteiger partial charge in [-0.2, -0.15) is 0 Å². The number of aromatic nitrogens is 2. The summed E-state index contributed by atoms with van der Waals surface area (Å²) >= 11 is 0. The molecule has 0 aromatic carbocycles. The molecular weight excluding hydrogens is 248 g/mol. The molecule has 0 saturated carbocycles. The Bertz CT molecular complexity index is 512. The Hall–Kier alpha value is -2.44. The van der Waals surface area contributed by atoms with E-state index in [9.17, 15) is 9.59 Å². The van der Waals surface area contributed by atoms with E-state index in [1.807, 2.05) is 4.90 Å². The Morgan fingerprint density at radius 1 is 1.42 bits per heavy atom. The summed E-state index contributed by atoms with van der Waals surface area (Å²) in [5.41, 5.74) is 5.87. The quantitative estimate of drug-likeness (QED) is 0.732. The topological polar surface area (TPSA) is 109 Å². The van der Waals surface area contributed by atoms with E-state index in [2.05, 4.69) is 9.97 Å². The van der Waals surface area contributed by atoms with Gasteiger partial charge in [-0.1, -0.05) is 0 Å². The number of carboxylic acid groups (broad SMARTS) is 1. The number of aliphatic carboxylic acids is 1. The van der Waals surface area contributed by atoms with Crippen molar-refractivity contribution in [3.05, 3.63) is 24.0 Å². The molecule has 1 aliphatic rings. The first-order chi connectivity index (χ1) is 9.06. The predicted octanol–water partition coefficient (Wildman–Crippen LogP) is -0.114. The van der Waals surface area contributed by atoms with Gasteiger partial charge in [0.05, 0.1) is 5.92 Å². The highest BCUT2D eigenvalue weighted by atomic mass is 16.4. The summed E-state index contributed by atoms with van der Waals surface area (Å²) < 4.78 is 0. The van der Waals surface area contributed by atoms with Crippen molar-refractivity contribution in [1.29, 1.82) is 0 Å². The Labute approximate surface area is 109 Å². The number of primary amides is 1. The fourth-order valence-corrected chi connectivity index (χ4v) is 1.92. The van der Waals surface area contributed by atoms with Gasteiger partial charge < -0.3 is 15.7 Å². The zero-order valence-electron chi connectivity index (χ0n) is 10.2. The molecule has 1 unspecified atom stereocenters. The summed E-state index contributed by atoms with van der Waals surface area (Å²) in [6.45, 7) is 1.22. The molecule has 1 fully saturated rings. The predicted molar refractivity (Wildman–Crippen MR) is 68.2 cm³/mol. The third-order valence-electron chi connectivity index (χ3n) is 2.95. The number of rotatable bonds is 4. The number of carboxylic acids is 1. The molecule has 0 bridgehead atoms. The molecular formula is C12H14N4O3. The lowest BCUT2D eigenvalue weighted by Gasteiger charge is -2.15. The maximum absolute atomic E-state index is 11.1. The first-order valence-corrected chi connectivity index (χ1v) is 5.83. The minimum Gasteiger partial charge on any atom is -0.478 e. The van der Waals surface area contributed by atoms with Crippen molar-refractivity contribution in [3.63, 3.8) is 0 Å². The minimum absolute atomic E-state index is 0.157. The molecule has 2 heterocycles. The van der Waals surface area contributed by atoms with Crippen LogP contribution in [0.5, 0.6) is 0 Å². The Morgan fingerprint density at radius 3 is 2.63 bits per heavy atom. The third kappa shape index (κ3) is 3.27. The van der Waals surface area contributed by atoms with Gasteiger partial charge in [0, 0.05) is 37.1 Å². The van der Waals surface area contributed by atoms with Crippen molar-refractivity contribution in [2.24, 2.45) is 11.7 Å². The van der Waals surface area contributed by atoms with Crippen LogP contribution in [0.15, 0.2) is 18.5 Å². The van der Waals surface area contributed by atoms with Gasteiger partial charge in [-0.3, -0.25) is 4.79 Å². The molecule has 7 heteroatoms. The second-order valence-electron chi connectivity index (χ2n) is 4.32. The highest BCUT2D eigenvalue weighted by Gasteiger charge is 2.27. The number of hydrogen-bond donors (Lipinski definition) is 2. The number of hydrogen-bond acceptors (Lipinski definition) is 5. The normalized spacial score (nSPS) is 18.9. The Balaban J connectivity index is 2.03. The summed E-state index contributed by atoms with van der Waals surface area (Å²) in [4.78, 5) is 31.6. The number of nitrogens with two attached hydrogens (primary N) is 1. The van der Waals surface area contributed by atoms with E-state index in [-0.39, 0.29) is 11.8 Å². The zero-order chi connectivity index (χ0) is 13.8. The molecule has 0 spiro atoms. The van der Waals surface area contributed by atoms with E-state index in [1.165, 1.54) is 6.08 Å². The maximum Gasteiger partial charge on any atom is 0.328 e. The standard InChI is InChI=1S/C12H14N4O3/c13-11(19)9-3-4-16(7-9)12-14-5-8(6-15-12)1-2-10(17)18/h1-2,5-6,9H,3-4,7H2,(H2,13,19)(H,17,18)/b2-1+. The molecule has 1 aromatic heterocycles. The zero-order valence-corrected chi connectivity index (χ0v) is 10.2. The molecule has 0 aliphatic carbocycles. The van der Waals surface area contributed by atoms with Gasteiger partial charge in [0.15, 0.2) is 0 Å². The number of amides is 1. The third-order valence-corrected chi connectivity index (χ3v) is 2.95. The van der Waals surface area contributed by atoms with Crippen molar-refractivity contribution in [1.82, 2.24) is 9.97 Å². The SMILES string of the molecule is NC(=O)C1CCN(c2ncc(/C=C/C(=O)O)cn2)C1. The average Bonchev–Trinajstić information content (AvgIpc) is 2.86. The van der Waals surface area contributed by atoms with Crippen LogP contribution < -0.4 is 10.6 Å². The van der Waals surface area contributed by atoms with E-state index in [0.29, 0.717) is 31.0 Å². The van der Waals surface area contributed by atoms with Crippen molar-refractivity contribution in [2.75, 3.05) is 18.0 Å². The number of nitrogens with zero attached hydrogens (tertiary/aromatic N) is 3. The Morgan fingerprint density at radius 2 is 2.11 bits per heavy atom. The van der Waals surface area contributed by atoms with Crippen LogP contribution in [-0.2, 0) is 9.59 Å². The van der Waals surface area contributed by atoms with E-state index >= 15 is 0 Å². The fraction of sp³-hybridized carbons (Fsp3) is 0.333. The monoisotopic (exact) mass is 262 g/mol. The molecule has 7 nitrogen and oxygen atoms in total. The largest absolute Gasteiger partial charge is 0.478 e. The summed E-state index contributed by atoms with van der Waals surface area (Å²) in [7, 11) is 0. The first kappa shape index (κ1) is 13.0. The molecule has 19 heavy (non-hydrogen) atoms. The van der Waals surface area contributed by atoms with Gasteiger partial charge in [0.1, 0.15) is 0 Å². The number of carbonyl (C=O) groups is 2. The number of carbonyl (C=O) groups excluding carboxylic acids is 1. The van der Waals surface area contributed by atoms with Crippen LogP contribution in [0, 0.1) is 5.92 Å². The molecule has 3 N–H and O–H groups in total. The lowest BCUT2D eigenvalue weighted by Crippen LogP contribution is -2.28. The van der Waals surface area contributed by atoms with Gasteiger partial charge >= 0.3 is 5.97 Å². The van der Waals surface area contributed by atoms with Gasteiger partial charge in [-0.15, -0.1) is 0 Å². The van der Waals surface area contributed by atoms with Crippen molar-refractivity contribution >= 4 is 23.9 Å². The maximum atomic E-state index is 11.1. The second kappa shape index (κ2) is 5.47. The molecule has 1 aromatic rings. The van der Waals surface area contributed by atoms with Gasteiger partial charge in [-0.25, -0.2) is 14.8 Å². The van der Waals surface area contributed by atoms with Crippen LogP contribution in [0.2, 0.25) is 0 Å². The first-order valence-electron chi connectivity index (χ1n) is 5.83. The van der Waals surface area contributed by atoms with Gasteiger partial charge in [-0.05, 0) is 12.5 Å². The summed E-state index contributed by atoms with van der Waals surface area (Å²) in [5, 5.41) is 8.50. The lowest BCUT2D eigenvalue weighted by atomic mass is 10.1. The highest BCUT2D eigenvalue weighted by Crippen LogP contribution is 2.20. The minimum atomic E-state index is -1.02. The van der Waals surface area contributed by atoms with Crippen LogP contribution in [0.25, 0.3) is 6.08 Å². The van der Waals surface area contributed by atoms with E-state index in [1.54, 1.807) is 12.4 Å². The van der Waals surface area contributed by atoms with Crippen LogP contribution in [0.3, 0.4) is 0 Å². The van der Waals surface area contributed by atoms with E-state index in [0.717, 1.165) is 6.08 Å². The second-order valence-corrected chi connectivity index (χ2v) is 4.32. The highest BCUT2D eigenvalue weighted by molar-refractivity contribution is 5.85. The summed E-state index contributed by atoms with van der Waals surface area (Å²) in [6.07, 6.45) is 6.23. The van der Waals surface area contributed by atoms with Gasteiger partial charge in [0.25, 0.3) is 0 Å². The molecule has 2 rings (SSSR count). The smallest absolute Gasteiger partial charge is 0.328 e. The fourth-order valence-electron chi connectivity index (χ4n) is 1.92. The van der Waals surface area contributed by atoms with Crippen LogP contribution in [0.4, 0.5) is 5.95 Å². The molecule has 100 valence electrons. The Kier molecular flexibility index (Phi) is 3.74. The van der Waals surface area contributed by atoms with Crippen molar-refractivity contribution < 1.29 is 14.7 Å². The summed E-state index contributed by atoms with van der Waals surface area (Å²) in [6, 6.07) is 0. The van der Waals surface area contributed by atoms with Crippen LogP contribution in [-0.4, -0.2) is 40.0 Å². The molecule has 1 aliphatic heterocycles. The number of anilines is 1. The van der Waals surface area contributed by atoms with Gasteiger partial charge in [0.2, 0.25) is 11.9 Å². The molecule has 1 amide bonds. The van der Waals surface area contributed by atoms with Crippen molar-refractivity contribution in [3.8, 4) is 0 Å². The molecule has 1 atom stereocenters. The van der Waals surface area contributed by atoms with E-state index in [4.69, 9.17) is 10.8 Å². The van der Waals surface area contributed by atoms with Crippen LogP contribution in [0.1, 0.15) is 12.0 Å².